The van der Waals surface area contributed by atoms with Gasteiger partial charge in [-0.2, -0.15) is 5.10 Å². The van der Waals surface area contributed by atoms with Crippen molar-refractivity contribution < 1.29 is 9.18 Å². The van der Waals surface area contributed by atoms with Crippen LogP contribution in [0.3, 0.4) is 0 Å². The molecule has 11 nitrogen and oxygen atoms in total. The molecule has 42 heavy (non-hydrogen) atoms. The fraction of sp³-hybridized carbons (Fsp3) is 0.200. The number of aromatic nitrogens is 7. The molecule has 0 unspecified atom stereocenters. The highest BCUT2D eigenvalue weighted by Gasteiger charge is 2.23. The van der Waals surface area contributed by atoms with Crippen molar-refractivity contribution in [2.75, 3.05) is 43.4 Å². The van der Waals surface area contributed by atoms with Crippen LogP contribution in [0.4, 0.5) is 15.8 Å². The van der Waals surface area contributed by atoms with Crippen LogP contribution < -0.4 is 10.2 Å². The molecule has 7 rings (SSSR count). The number of anilines is 2. The fourth-order valence-electron chi connectivity index (χ4n) is 5.29. The average Bonchev–Trinajstić information content (AvgIpc) is 3.63. The topological polar surface area (TPSA) is 132 Å². The van der Waals surface area contributed by atoms with Crippen molar-refractivity contribution in [1.82, 2.24) is 40.0 Å². The summed E-state index contributed by atoms with van der Waals surface area (Å²) in [7, 11) is 2.11. The molecule has 0 saturated carbocycles. The maximum absolute atomic E-state index is 16.2. The summed E-state index contributed by atoms with van der Waals surface area (Å²) in [6.45, 7) is 3.70. The lowest BCUT2D eigenvalue weighted by Gasteiger charge is -2.34. The number of hydrogen-bond acceptors (Lipinski definition) is 8. The number of hydrogen-bond donors (Lipinski definition) is 3. The number of nitrogens with one attached hydrogen (secondary N) is 3. The van der Waals surface area contributed by atoms with Gasteiger partial charge in [-0.25, -0.2) is 19.3 Å². The summed E-state index contributed by atoms with van der Waals surface area (Å²) < 4.78 is 16.2. The zero-order valence-electron chi connectivity index (χ0n) is 22.8. The number of carbonyl (C=O) groups is 1. The highest BCUT2D eigenvalue weighted by Crippen LogP contribution is 2.34. The van der Waals surface area contributed by atoms with Gasteiger partial charge < -0.3 is 20.1 Å². The molecule has 6 heterocycles. The van der Waals surface area contributed by atoms with E-state index >= 15 is 4.39 Å². The molecule has 1 aliphatic heterocycles. The van der Waals surface area contributed by atoms with Gasteiger partial charge in [0.2, 0.25) is 5.91 Å². The third-order valence-electron chi connectivity index (χ3n) is 7.51. The van der Waals surface area contributed by atoms with E-state index in [1.807, 2.05) is 36.4 Å². The number of rotatable bonds is 6. The minimum atomic E-state index is -0.522. The van der Waals surface area contributed by atoms with Crippen LogP contribution in [0.5, 0.6) is 0 Å². The molecular formula is C30H27FN10O. The first-order valence-electron chi connectivity index (χ1n) is 13.6. The van der Waals surface area contributed by atoms with Gasteiger partial charge in [0, 0.05) is 55.9 Å². The molecule has 12 heteroatoms. The van der Waals surface area contributed by atoms with E-state index in [0.29, 0.717) is 28.4 Å². The molecule has 5 aromatic heterocycles. The zero-order valence-corrected chi connectivity index (χ0v) is 22.8. The maximum atomic E-state index is 16.2. The van der Waals surface area contributed by atoms with E-state index in [-0.39, 0.29) is 28.9 Å². The van der Waals surface area contributed by atoms with Crippen molar-refractivity contribution >= 4 is 39.5 Å². The number of imidazole rings is 1. The van der Waals surface area contributed by atoms with E-state index in [1.165, 1.54) is 18.6 Å². The van der Waals surface area contributed by atoms with Crippen LogP contribution >= 0.6 is 0 Å². The van der Waals surface area contributed by atoms with Gasteiger partial charge in [-0.15, -0.1) is 0 Å². The van der Waals surface area contributed by atoms with Crippen LogP contribution in [0.2, 0.25) is 0 Å². The Bertz CT molecular complexity index is 1910. The van der Waals surface area contributed by atoms with Crippen molar-refractivity contribution in [1.29, 1.82) is 0 Å². The number of likely N-dealkylation sites (N-methyl/N-ethyl adjacent to an activating group) is 1. The fourth-order valence-corrected chi connectivity index (χ4v) is 5.29. The molecule has 3 N–H and O–H groups in total. The summed E-state index contributed by atoms with van der Waals surface area (Å²) in [5.41, 5.74) is 4.97. The van der Waals surface area contributed by atoms with Crippen LogP contribution in [0, 0.1) is 5.82 Å². The number of carbonyl (C=O) groups excluding carboxylic acids is 1. The number of H-pyrrole nitrogens is 2. The van der Waals surface area contributed by atoms with Crippen molar-refractivity contribution in [3.05, 3.63) is 78.6 Å². The molecule has 0 atom stereocenters. The summed E-state index contributed by atoms with van der Waals surface area (Å²) in [5, 5.41) is 10.2. The molecular weight excluding hydrogens is 535 g/mol. The van der Waals surface area contributed by atoms with Gasteiger partial charge in [0.25, 0.3) is 0 Å². The van der Waals surface area contributed by atoms with Crippen LogP contribution in [0.15, 0.2) is 67.3 Å². The van der Waals surface area contributed by atoms with E-state index in [9.17, 15) is 4.79 Å². The third kappa shape index (κ3) is 4.81. The van der Waals surface area contributed by atoms with E-state index in [2.05, 4.69) is 57.3 Å². The number of benzene rings is 1. The molecule has 0 radical (unpaired) electrons. The first-order chi connectivity index (χ1) is 20.5. The van der Waals surface area contributed by atoms with Gasteiger partial charge in [-0.3, -0.25) is 14.9 Å². The highest BCUT2D eigenvalue weighted by atomic mass is 19.1. The van der Waals surface area contributed by atoms with Gasteiger partial charge in [0.1, 0.15) is 17.0 Å². The third-order valence-corrected chi connectivity index (χ3v) is 7.51. The van der Waals surface area contributed by atoms with Crippen LogP contribution in [0.25, 0.3) is 44.8 Å². The minimum absolute atomic E-state index is 0.194. The van der Waals surface area contributed by atoms with Gasteiger partial charge in [0.05, 0.1) is 29.4 Å². The van der Waals surface area contributed by atoms with E-state index in [4.69, 9.17) is 0 Å². The number of amides is 1. The summed E-state index contributed by atoms with van der Waals surface area (Å²) >= 11 is 0. The second-order valence-electron chi connectivity index (χ2n) is 10.4. The Morgan fingerprint density at radius 3 is 2.69 bits per heavy atom. The maximum Gasteiger partial charge on any atom is 0.228 e. The molecule has 1 amide bonds. The van der Waals surface area contributed by atoms with Crippen molar-refractivity contribution in [2.45, 2.75) is 6.42 Å². The quantitative estimate of drug-likeness (QED) is 0.277. The molecule has 1 saturated heterocycles. The lowest BCUT2D eigenvalue weighted by Crippen LogP contribution is -2.44. The Morgan fingerprint density at radius 1 is 1.02 bits per heavy atom. The van der Waals surface area contributed by atoms with Crippen LogP contribution in [-0.4, -0.2) is 79.2 Å². The van der Waals surface area contributed by atoms with Crippen molar-refractivity contribution in [3.63, 3.8) is 0 Å². The standard InChI is InChI=1S/C30H27FN10O/c1-40-9-11-41(12-10-40)22-7-8-33-29-26(22)36-30(37-29)27-24-25(31)21(17-34-28(24)39-38-27)19-14-20(16-32-15-19)35-23(42)13-18-5-3-2-4-6-18/h2-8,14-17H,9-13H2,1H3,(H,35,42)(H,33,36,37)(H,34,38,39). The first kappa shape index (κ1) is 25.7. The molecule has 0 spiro atoms. The number of halogens is 1. The predicted octanol–water partition coefficient (Wildman–Crippen LogP) is 4.03. The second kappa shape index (κ2) is 10.6. The predicted molar refractivity (Wildman–Crippen MR) is 158 cm³/mol. The summed E-state index contributed by atoms with van der Waals surface area (Å²) in [6, 6.07) is 13.1. The summed E-state index contributed by atoms with van der Waals surface area (Å²) in [6.07, 6.45) is 6.43. The number of aromatic amines is 2. The van der Waals surface area contributed by atoms with Gasteiger partial charge in [-0.1, -0.05) is 30.3 Å². The van der Waals surface area contributed by atoms with Gasteiger partial charge >= 0.3 is 0 Å². The number of pyridine rings is 3. The van der Waals surface area contributed by atoms with Gasteiger partial charge in [-0.05, 0) is 24.7 Å². The smallest absolute Gasteiger partial charge is 0.228 e. The Hall–Kier alpha value is -5.23. The lowest BCUT2D eigenvalue weighted by molar-refractivity contribution is -0.115. The number of nitrogens with zero attached hydrogens (tertiary/aromatic N) is 7. The van der Waals surface area contributed by atoms with Crippen molar-refractivity contribution in [2.24, 2.45) is 0 Å². The second-order valence-corrected chi connectivity index (χ2v) is 10.4. The molecule has 1 aliphatic rings. The Morgan fingerprint density at radius 2 is 1.86 bits per heavy atom. The van der Waals surface area contributed by atoms with Crippen LogP contribution in [0.1, 0.15) is 5.56 Å². The molecule has 0 aliphatic carbocycles. The number of fused-ring (bicyclic) bond motifs is 2. The first-order valence-corrected chi connectivity index (χ1v) is 13.6. The van der Waals surface area contributed by atoms with Gasteiger partial charge in [0.15, 0.2) is 17.1 Å². The molecule has 6 aromatic rings. The summed E-state index contributed by atoms with van der Waals surface area (Å²) in [4.78, 5) is 38.3. The highest BCUT2D eigenvalue weighted by molar-refractivity contribution is 5.96. The van der Waals surface area contributed by atoms with E-state index in [1.54, 1.807) is 12.3 Å². The van der Waals surface area contributed by atoms with E-state index in [0.717, 1.165) is 42.9 Å². The lowest BCUT2D eigenvalue weighted by atomic mass is 10.1. The Balaban J connectivity index is 1.21. The molecule has 1 fully saturated rings. The Kier molecular flexibility index (Phi) is 6.51. The monoisotopic (exact) mass is 562 g/mol. The van der Waals surface area contributed by atoms with E-state index < -0.39 is 5.82 Å². The average molecular weight is 563 g/mol. The van der Waals surface area contributed by atoms with Crippen LogP contribution in [-0.2, 0) is 11.2 Å². The molecule has 1 aromatic carbocycles. The normalized spacial score (nSPS) is 14.1. The largest absolute Gasteiger partial charge is 0.367 e. The SMILES string of the molecule is CN1CCN(c2ccnc3nc(-c4[nH]nc5ncc(-c6cncc(NC(=O)Cc7ccccc7)c6)c(F)c45)[nH]c23)CC1. The Labute approximate surface area is 239 Å². The molecule has 0 bridgehead atoms. The number of piperazine rings is 1. The summed E-state index contributed by atoms with van der Waals surface area (Å²) in [5.74, 6) is -0.300. The zero-order chi connectivity index (χ0) is 28.6. The van der Waals surface area contributed by atoms with Crippen molar-refractivity contribution in [3.8, 4) is 22.6 Å². The minimum Gasteiger partial charge on any atom is -0.367 e. The molecule has 210 valence electrons.